The summed E-state index contributed by atoms with van der Waals surface area (Å²) < 4.78 is 11.3. The standard InChI is InChI=1S/C12H20NO2P/c1-3-14-16(15-4-2)12(10-13)11-8-6-5-7-9-11/h5-9,12H,3-4,10,13H2,1-2H3. The Morgan fingerprint density at radius 2 is 1.69 bits per heavy atom. The summed E-state index contributed by atoms with van der Waals surface area (Å²) in [5, 5.41) is 0. The highest BCUT2D eigenvalue weighted by molar-refractivity contribution is 7.47. The molecule has 3 nitrogen and oxygen atoms in total. The van der Waals surface area contributed by atoms with Gasteiger partial charge < -0.3 is 14.8 Å². The van der Waals surface area contributed by atoms with Gasteiger partial charge in [0.15, 0.2) is 8.38 Å². The van der Waals surface area contributed by atoms with Gasteiger partial charge in [-0.05, 0) is 19.4 Å². The number of benzene rings is 1. The summed E-state index contributed by atoms with van der Waals surface area (Å²) in [6, 6.07) is 10.2. The lowest BCUT2D eigenvalue weighted by Gasteiger charge is -2.24. The van der Waals surface area contributed by atoms with Crippen molar-refractivity contribution in [2.75, 3.05) is 19.8 Å². The van der Waals surface area contributed by atoms with E-state index in [0.29, 0.717) is 19.8 Å². The fourth-order valence-corrected chi connectivity index (χ4v) is 3.02. The quantitative estimate of drug-likeness (QED) is 0.746. The minimum Gasteiger partial charge on any atom is -0.334 e. The van der Waals surface area contributed by atoms with Crippen LogP contribution in [0.15, 0.2) is 30.3 Å². The van der Waals surface area contributed by atoms with Crippen molar-refractivity contribution in [3.05, 3.63) is 35.9 Å². The number of rotatable bonds is 7. The predicted octanol–water partition coefficient (Wildman–Crippen LogP) is 3.07. The topological polar surface area (TPSA) is 44.5 Å². The van der Waals surface area contributed by atoms with Crippen LogP contribution in [0.25, 0.3) is 0 Å². The molecule has 0 aliphatic heterocycles. The van der Waals surface area contributed by atoms with Crippen molar-refractivity contribution in [3.63, 3.8) is 0 Å². The van der Waals surface area contributed by atoms with Gasteiger partial charge in [0, 0.05) is 6.54 Å². The van der Waals surface area contributed by atoms with E-state index < -0.39 is 8.38 Å². The third-order valence-electron chi connectivity index (χ3n) is 2.17. The maximum absolute atomic E-state index is 5.82. The number of hydrogen-bond acceptors (Lipinski definition) is 3. The highest BCUT2D eigenvalue weighted by Gasteiger charge is 2.23. The summed E-state index contributed by atoms with van der Waals surface area (Å²) in [5.41, 5.74) is 7.18. The van der Waals surface area contributed by atoms with E-state index in [1.54, 1.807) is 0 Å². The molecule has 0 aliphatic rings. The molecule has 4 heteroatoms. The molecule has 1 unspecified atom stereocenters. The molecule has 0 heterocycles. The lowest BCUT2D eigenvalue weighted by Crippen LogP contribution is -2.13. The Kier molecular flexibility index (Phi) is 6.58. The molecule has 1 atom stereocenters. The first-order chi connectivity index (χ1) is 7.83. The molecule has 0 fully saturated rings. The molecule has 0 saturated carbocycles. The summed E-state index contributed by atoms with van der Waals surface area (Å²) in [5.74, 6) is 0. The molecule has 0 radical (unpaired) electrons. The number of hydrogen-bond donors (Lipinski definition) is 1. The zero-order valence-corrected chi connectivity index (χ0v) is 10.8. The van der Waals surface area contributed by atoms with Crippen LogP contribution in [0.2, 0.25) is 0 Å². The van der Waals surface area contributed by atoms with Gasteiger partial charge in [0.25, 0.3) is 0 Å². The van der Waals surface area contributed by atoms with Crippen LogP contribution in [0.3, 0.4) is 0 Å². The van der Waals surface area contributed by atoms with Gasteiger partial charge in [-0.1, -0.05) is 30.3 Å². The Hall–Kier alpha value is -0.470. The van der Waals surface area contributed by atoms with Crippen molar-refractivity contribution in [1.29, 1.82) is 0 Å². The van der Waals surface area contributed by atoms with Crippen molar-refractivity contribution in [3.8, 4) is 0 Å². The van der Waals surface area contributed by atoms with E-state index in [9.17, 15) is 0 Å². The van der Waals surface area contributed by atoms with Gasteiger partial charge in [-0.2, -0.15) is 0 Å². The first kappa shape index (κ1) is 13.6. The zero-order valence-electron chi connectivity index (χ0n) is 9.93. The Morgan fingerprint density at radius 3 is 2.12 bits per heavy atom. The second kappa shape index (κ2) is 7.75. The highest BCUT2D eigenvalue weighted by Crippen LogP contribution is 2.52. The van der Waals surface area contributed by atoms with Crippen molar-refractivity contribution in [1.82, 2.24) is 0 Å². The zero-order chi connectivity index (χ0) is 11.8. The maximum atomic E-state index is 5.82. The Balaban J connectivity index is 2.77. The Labute approximate surface area is 98.9 Å². The smallest absolute Gasteiger partial charge is 0.179 e. The van der Waals surface area contributed by atoms with E-state index in [0.717, 1.165) is 0 Å². The first-order valence-electron chi connectivity index (χ1n) is 5.63. The van der Waals surface area contributed by atoms with Crippen LogP contribution in [0, 0.1) is 0 Å². The van der Waals surface area contributed by atoms with E-state index in [2.05, 4.69) is 12.1 Å². The lowest BCUT2D eigenvalue weighted by molar-refractivity contribution is 0.262. The summed E-state index contributed by atoms with van der Waals surface area (Å²) in [6.45, 7) is 5.83. The predicted molar refractivity (Wildman–Crippen MR) is 68.4 cm³/mol. The third kappa shape index (κ3) is 3.84. The monoisotopic (exact) mass is 241 g/mol. The molecule has 2 N–H and O–H groups in total. The van der Waals surface area contributed by atoms with Gasteiger partial charge in [-0.3, -0.25) is 0 Å². The van der Waals surface area contributed by atoms with E-state index in [1.807, 2.05) is 32.0 Å². The number of nitrogens with two attached hydrogens (primary N) is 1. The van der Waals surface area contributed by atoms with Gasteiger partial charge in [0.1, 0.15) is 0 Å². The molecule has 1 aromatic carbocycles. The molecule has 1 rings (SSSR count). The molecule has 0 saturated heterocycles. The largest absolute Gasteiger partial charge is 0.334 e. The van der Waals surface area contributed by atoms with Crippen molar-refractivity contribution < 1.29 is 9.05 Å². The average Bonchev–Trinajstić information content (AvgIpc) is 2.32. The molecule has 16 heavy (non-hydrogen) atoms. The van der Waals surface area contributed by atoms with E-state index >= 15 is 0 Å². The molecule has 1 aromatic rings. The fraction of sp³-hybridized carbons (Fsp3) is 0.500. The van der Waals surface area contributed by atoms with Gasteiger partial charge in [0.05, 0.1) is 18.9 Å². The van der Waals surface area contributed by atoms with Crippen LogP contribution >= 0.6 is 8.38 Å². The molecule has 90 valence electrons. The van der Waals surface area contributed by atoms with Crippen molar-refractivity contribution in [2.24, 2.45) is 5.73 Å². The summed E-state index contributed by atoms with van der Waals surface area (Å²) in [4.78, 5) is 0. The molecule has 0 bridgehead atoms. The minimum absolute atomic E-state index is 0.163. The average molecular weight is 241 g/mol. The van der Waals surface area contributed by atoms with Gasteiger partial charge in [-0.15, -0.1) is 0 Å². The second-order valence-electron chi connectivity index (χ2n) is 3.28. The molecule has 0 aromatic heterocycles. The Morgan fingerprint density at radius 1 is 1.12 bits per heavy atom. The molecule has 0 amide bonds. The normalized spacial score (nSPS) is 13.0. The summed E-state index contributed by atoms with van der Waals surface area (Å²) in [7, 11) is -0.926. The van der Waals surface area contributed by atoms with Crippen LogP contribution in [0.4, 0.5) is 0 Å². The molecular formula is C12H20NO2P. The van der Waals surface area contributed by atoms with Gasteiger partial charge in [0.2, 0.25) is 0 Å². The summed E-state index contributed by atoms with van der Waals surface area (Å²) >= 11 is 0. The lowest BCUT2D eigenvalue weighted by atomic mass is 10.1. The fourth-order valence-electron chi connectivity index (χ4n) is 1.49. The van der Waals surface area contributed by atoms with Gasteiger partial charge >= 0.3 is 0 Å². The van der Waals surface area contributed by atoms with Crippen molar-refractivity contribution >= 4 is 8.38 Å². The summed E-state index contributed by atoms with van der Waals surface area (Å²) in [6.07, 6.45) is 0. The SMILES string of the molecule is CCOP(OCC)C(CN)c1ccccc1. The first-order valence-corrected chi connectivity index (χ1v) is 6.88. The van der Waals surface area contributed by atoms with E-state index in [1.165, 1.54) is 5.56 Å². The van der Waals surface area contributed by atoms with E-state index in [4.69, 9.17) is 14.8 Å². The third-order valence-corrected chi connectivity index (χ3v) is 4.22. The van der Waals surface area contributed by atoms with E-state index in [-0.39, 0.29) is 5.66 Å². The van der Waals surface area contributed by atoms with Crippen LogP contribution in [-0.2, 0) is 9.05 Å². The van der Waals surface area contributed by atoms with Gasteiger partial charge in [-0.25, -0.2) is 0 Å². The van der Waals surface area contributed by atoms with Crippen LogP contribution in [0.5, 0.6) is 0 Å². The molecule has 0 aliphatic carbocycles. The van der Waals surface area contributed by atoms with Crippen LogP contribution in [-0.4, -0.2) is 19.8 Å². The van der Waals surface area contributed by atoms with Crippen LogP contribution < -0.4 is 5.73 Å². The Bertz CT molecular complexity index is 276. The molecule has 0 spiro atoms. The maximum Gasteiger partial charge on any atom is 0.179 e. The molecular weight excluding hydrogens is 221 g/mol. The minimum atomic E-state index is -0.926. The van der Waals surface area contributed by atoms with Crippen LogP contribution in [0.1, 0.15) is 25.1 Å². The van der Waals surface area contributed by atoms with Crippen molar-refractivity contribution in [2.45, 2.75) is 19.5 Å². The second-order valence-corrected chi connectivity index (χ2v) is 4.99. The highest BCUT2D eigenvalue weighted by atomic mass is 31.2.